The minimum Gasteiger partial charge on any atom is -0.350 e. The first-order valence-electron chi connectivity index (χ1n) is 8.87. The number of imidazole rings is 1. The largest absolute Gasteiger partial charge is 0.350 e. The zero-order valence-corrected chi connectivity index (χ0v) is 17.5. The van der Waals surface area contributed by atoms with E-state index in [0.29, 0.717) is 0 Å². The summed E-state index contributed by atoms with van der Waals surface area (Å²) in [7, 11) is 2.02. The fourth-order valence-electron chi connectivity index (χ4n) is 3.89. The van der Waals surface area contributed by atoms with E-state index in [1.165, 1.54) is 0 Å². The number of rotatable bonds is 1. The third-order valence-electron chi connectivity index (χ3n) is 5.11. The molecule has 5 heterocycles. The van der Waals surface area contributed by atoms with Gasteiger partial charge in [-0.3, -0.25) is 8.80 Å². The van der Waals surface area contributed by atoms with Crippen molar-refractivity contribution < 1.29 is 24.7 Å². The second kappa shape index (κ2) is 6.23. The molecule has 0 aliphatic rings. The van der Waals surface area contributed by atoms with Crippen LogP contribution in [0.1, 0.15) is 0 Å². The van der Waals surface area contributed by atoms with Crippen LogP contribution in [0.4, 0.5) is 0 Å². The monoisotopic (exact) mass is 543 g/mol. The van der Waals surface area contributed by atoms with E-state index in [1.807, 2.05) is 11.6 Å². The van der Waals surface area contributed by atoms with Gasteiger partial charge in [0.1, 0.15) is 5.65 Å². The van der Waals surface area contributed by atoms with E-state index in [9.17, 15) is 0 Å². The van der Waals surface area contributed by atoms with Gasteiger partial charge in [0.05, 0.1) is 12.0 Å². The molecule has 6 heteroatoms. The van der Waals surface area contributed by atoms with Crippen molar-refractivity contribution in [2.24, 2.45) is 7.05 Å². The molecule has 6 rings (SSSR count). The summed E-state index contributed by atoms with van der Waals surface area (Å²) in [5.41, 5.74) is 5.37. The van der Waals surface area contributed by atoms with E-state index in [1.54, 1.807) is 0 Å². The van der Waals surface area contributed by atoms with Crippen molar-refractivity contribution in [2.75, 3.05) is 0 Å². The van der Waals surface area contributed by atoms with Gasteiger partial charge in [-0.05, 0) is 30.5 Å². The molecule has 5 nitrogen and oxygen atoms in total. The minimum absolute atomic E-state index is 0. The van der Waals surface area contributed by atoms with Crippen LogP contribution in [-0.2, 0) is 27.2 Å². The zero-order chi connectivity index (χ0) is 18.0. The Labute approximate surface area is 174 Å². The first-order valence-corrected chi connectivity index (χ1v) is 8.87. The molecule has 0 saturated heterocycles. The van der Waals surface area contributed by atoms with E-state index >= 15 is 0 Å². The molecule has 1 aromatic carbocycles. The maximum Gasteiger partial charge on any atom is 0.172 e. The number of benzene rings is 1. The number of hydrogen-bond donors (Lipinski definition) is 0. The third kappa shape index (κ3) is 2.25. The Morgan fingerprint density at radius 3 is 2.29 bits per heavy atom. The van der Waals surface area contributed by atoms with E-state index in [-0.39, 0.29) is 20.1 Å². The van der Waals surface area contributed by atoms with Gasteiger partial charge in [-0.25, -0.2) is 6.07 Å². The number of nitrogens with zero attached hydrogens (tertiary/aromatic N) is 5. The Kier molecular flexibility index (Phi) is 3.79. The molecular weight excluding hydrogens is 526 g/mol. The van der Waals surface area contributed by atoms with E-state index < -0.39 is 0 Å². The quantitative estimate of drug-likeness (QED) is 0.225. The average molecular weight is 543 g/mol. The summed E-state index contributed by atoms with van der Waals surface area (Å²) in [4.78, 5) is 0. The number of fused-ring (bicyclic) bond motifs is 6. The Hall–Kier alpha value is -3.08. The molecule has 0 saturated carbocycles. The summed E-state index contributed by atoms with van der Waals surface area (Å²) in [5.74, 6) is 0.908. The van der Waals surface area contributed by atoms with Crippen molar-refractivity contribution >= 4 is 27.8 Å². The van der Waals surface area contributed by atoms with Crippen molar-refractivity contribution in [2.45, 2.75) is 0 Å². The van der Waals surface area contributed by atoms with Crippen LogP contribution in [0.2, 0.25) is 0 Å². The van der Waals surface area contributed by atoms with Crippen molar-refractivity contribution in [3.8, 4) is 5.82 Å². The van der Waals surface area contributed by atoms with Crippen molar-refractivity contribution in [1.29, 1.82) is 0 Å². The van der Waals surface area contributed by atoms with Crippen LogP contribution in [0.25, 0.3) is 33.7 Å². The van der Waals surface area contributed by atoms with Crippen LogP contribution in [-0.4, -0.2) is 17.8 Å². The zero-order valence-electron chi connectivity index (χ0n) is 15.1. The van der Waals surface area contributed by atoms with Gasteiger partial charge in [0.25, 0.3) is 0 Å². The number of aromatic nitrogens is 5. The first kappa shape index (κ1) is 17.0. The SMILES string of the molecule is Cn1[c-][n+](-c2[c-]c3cccn3c3cccn3c3cccn23)c2ccccc21.[Ir]. The second-order valence-corrected chi connectivity index (χ2v) is 6.67. The fourth-order valence-corrected chi connectivity index (χ4v) is 3.89. The van der Waals surface area contributed by atoms with Crippen LogP contribution in [0.5, 0.6) is 0 Å². The molecule has 0 spiro atoms. The Morgan fingerprint density at radius 2 is 1.43 bits per heavy atom. The number of hydrogen-bond acceptors (Lipinski definition) is 0. The maximum absolute atomic E-state index is 3.62. The third-order valence-corrected chi connectivity index (χ3v) is 5.11. The summed E-state index contributed by atoms with van der Waals surface area (Å²) in [5, 5.41) is 0. The van der Waals surface area contributed by atoms with Crippen LogP contribution in [0.15, 0.2) is 79.3 Å². The standard InChI is InChI=1S/C22H16N5.Ir/c1-23-16-27(19-9-3-2-8-18(19)23)22-15-17-7-4-12-24(17)20-10-5-13-25(20)21-11-6-14-26(21)22;/h2-14H,1H3;/q-1;. The molecule has 0 amide bonds. The summed E-state index contributed by atoms with van der Waals surface area (Å²) in [6.45, 7) is 0. The molecule has 0 bridgehead atoms. The molecule has 0 N–H and O–H groups in total. The van der Waals surface area contributed by atoms with Crippen LogP contribution >= 0.6 is 0 Å². The summed E-state index contributed by atoms with van der Waals surface area (Å²) < 4.78 is 10.6. The molecule has 5 aromatic heterocycles. The van der Waals surface area contributed by atoms with E-state index in [0.717, 1.165) is 33.7 Å². The van der Waals surface area contributed by atoms with Gasteiger partial charge in [-0.15, -0.1) is 11.6 Å². The van der Waals surface area contributed by atoms with Crippen molar-refractivity contribution in [3.05, 3.63) is 91.6 Å². The molecule has 1 radical (unpaired) electrons. The van der Waals surface area contributed by atoms with Gasteiger partial charge in [0.2, 0.25) is 0 Å². The normalized spacial score (nSPS) is 11.5. The molecule has 0 atom stereocenters. The summed E-state index contributed by atoms with van der Waals surface area (Å²) in [6, 6.07) is 24.4. The maximum atomic E-state index is 3.62. The molecule has 28 heavy (non-hydrogen) atoms. The van der Waals surface area contributed by atoms with Gasteiger partial charge in [0.15, 0.2) is 12.0 Å². The first-order chi connectivity index (χ1) is 13.3. The van der Waals surface area contributed by atoms with Crippen LogP contribution in [0.3, 0.4) is 0 Å². The van der Waals surface area contributed by atoms with Gasteiger partial charge in [-0.1, -0.05) is 24.3 Å². The van der Waals surface area contributed by atoms with Crippen molar-refractivity contribution in [1.82, 2.24) is 17.8 Å². The molecule has 6 aromatic rings. The number of aryl methyl sites for hydroxylation is 1. The van der Waals surface area contributed by atoms with Gasteiger partial charge in [-0.2, -0.15) is 6.07 Å². The molecule has 139 valence electrons. The second-order valence-electron chi connectivity index (χ2n) is 6.67. The molecule has 0 unspecified atom stereocenters. The Balaban J connectivity index is 0.00000171. The summed E-state index contributed by atoms with van der Waals surface area (Å²) >= 11 is 0. The van der Waals surface area contributed by atoms with Crippen LogP contribution < -0.4 is 4.57 Å². The minimum atomic E-state index is 0. The smallest absolute Gasteiger partial charge is 0.172 e. The Morgan fingerprint density at radius 1 is 0.750 bits per heavy atom. The predicted octanol–water partition coefficient (Wildman–Crippen LogP) is 3.37. The number of para-hydroxylation sites is 2. The van der Waals surface area contributed by atoms with Crippen molar-refractivity contribution in [3.63, 3.8) is 0 Å². The average Bonchev–Trinajstić information content (AvgIpc) is 3.45. The molecule has 0 aliphatic heterocycles. The fraction of sp³-hybridized carbons (Fsp3) is 0.0455. The predicted molar refractivity (Wildman–Crippen MR) is 104 cm³/mol. The molecule has 0 aliphatic carbocycles. The topological polar surface area (TPSA) is 22.0 Å². The Bertz CT molecular complexity index is 1500. The van der Waals surface area contributed by atoms with E-state index in [4.69, 9.17) is 0 Å². The van der Waals surface area contributed by atoms with Gasteiger partial charge >= 0.3 is 0 Å². The summed E-state index contributed by atoms with van der Waals surface area (Å²) in [6.07, 6.45) is 9.67. The van der Waals surface area contributed by atoms with Crippen LogP contribution in [0, 0.1) is 12.4 Å². The molecular formula is C22H16IrN5-. The molecule has 0 fully saturated rings. The van der Waals surface area contributed by atoms with E-state index in [2.05, 4.69) is 109 Å². The van der Waals surface area contributed by atoms with Gasteiger partial charge < -0.3 is 13.5 Å². The van der Waals surface area contributed by atoms with Gasteiger partial charge in [0, 0.05) is 44.4 Å².